The van der Waals surface area contributed by atoms with Crippen molar-refractivity contribution in [1.29, 1.82) is 0 Å². The second-order valence-electron chi connectivity index (χ2n) is 7.41. The lowest BCUT2D eigenvalue weighted by molar-refractivity contribution is -0.386. The molecule has 1 aromatic rings. The van der Waals surface area contributed by atoms with Gasteiger partial charge in [-0.1, -0.05) is 18.2 Å². The van der Waals surface area contributed by atoms with Gasteiger partial charge in [0.1, 0.15) is 0 Å². The first-order valence-corrected chi connectivity index (χ1v) is 8.72. The Hall–Kier alpha value is -2.48. The van der Waals surface area contributed by atoms with Gasteiger partial charge >= 0.3 is 11.9 Å². The van der Waals surface area contributed by atoms with Gasteiger partial charge < -0.3 is 14.8 Å². The lowest BCUT2D eigenvalue weighted by Gasteiger charge is -2.55. The monoisotopic (exact) mass is 378 g/mol. The van der Waals surface area contributed by atoms with Gasteiger partial charge in [0.2, 0.25) is 0 Å². The number of rotatable bonds is 4. The number of nitrogens with one attached hydrogen (secondary N) is 1. The molecule has 0 spiro atoms. The Morgan fingerprint density at radius 2 is 1.48 bits per heavy atom. The Balaban J connectivity index is 2.89. The van der Waals surface area contributed by atoms with E-state index in [1.165, 1.54) is 20.3 Å². The molecule has 1 aliphatic heterocycles. The number of methoxy groups -OCH3 is 2. The van der Waals surface area contributed by atoms with Crippen LogP contribution in [0, 0.1) is 20.9 Å². The van der Waals surface area contributed by atoms with Crippen LogP contribution in [0.25, 0.3) is 0 Å². The quantitative estimate of drug-likeness (QED) is 0.487. The highest BCUT2D eigenvalue weighted by Gasteiger charge is 2.64. The molecule has 1 N–H and O–H groups in total. The van der Waals surface area contributed by atoms with Gasteiger partial charge in [-0.25, -0.2) is 0 Å². The van der Waals surface area contributed by atoms with Crippen molar-refractivity contribution in [3.05, 3.63) is 39.9 Å². The van der Waals surface area contributed by atoms with Crippen molar-refractivity contribution in [2.75, 3.05) is 14.2 Å². The summed E-state index contributed by atoms with van der Waals surface area (Å²) in [7, 11) is 2.54. The molecular weight excluding hydrogens is 352 g/mol. The van der Waals surface area contributed by atoms with Gasteiger partial charge in [0.15, 0.2) is 0 Å². The Labute approximate surface area is 158 Å². The minimum absolute atomic E-state index is 0.144. The van der Waals surface area contributed by atoms with Crippen LogP contribution in [0.3, 0.4) is 0 Å². The van der Waals surface area contributed by atoms with Gasteiger partial charge in [0, 0.05) is 29.6 Å². The van der Waals surface area contributed by atoms with Gasteiger partial charge in [0.05, 0.1) is 30.0 Å². The summed E-state index contributed by atoms with van der Waals surface area (Å²) < 4.78 is 10.1. The molecule has 0 saturated carbocycles. The molecule has 2 rings (SSSR count). The number of piperidine rings is 1. The third kappa shape index (κ3) is 2.97. The largest absolute Gasteiger partial charge is 0.469 e. The standard InChI is InChI=1S/C19H26N2O6/c1-11-18(3,16(22)26-5)15(13-9-7-8-10-14(13)21(24)25)19(4,12(2)20-11)17(23)27-6/h7-12,15,20H,1-6H3. The molecule has 4 unspecified atom stereocenters. The molecule has 8 nitrogen and oxygen atoms in total. The van der Waals surface area contributed by atoms with E-state index in [1.807, 2.05) is 13.8 Å². The minimum atomic E-state index is -1.24. The van der Waals surface area contributed by atoms with Crippen LogP contribution in [0.5, 0.6) is 0 Å². The number of esters is 2. The number of hydrogen-bond donors (Lipinski definition) is 1. The van der Waals surface area contributed by atoms with Gasteiger partial charge in [-0.05, 0) is 27.7 Å². The summed E-state index contributed by atoms with van der Waals surface area (Å²) in [6.45, 7) is 6.97. The molecule has 0 aromatic heterocycles. The van der Waals surface area contributed by atoms with Gasteiger partial charge in [-0.3, -0.25) is 19.7 Å². The first-order valence-electron chi connectivity index (χ1n) is 8.72. The van der Waals surface area contributed by atoms with Crippen molar-refractivity contribution >= 4 is 17.6 Å². The van der Waals surface area contributed by atoms with Crippen LogP contribution in [0.2, 0.25) is 0 Å². The van der Waals surface area contributed by atoms with Crippen LogP contribution >= 0.6 is 0 Å². The van der Waals surface area contributed by atoms with Crippen LogP contribution in [0.1, 0.15) is 39.2 Å². The molecule has 27 heavy (non-hydrogen) atoms. The highest BCUT2D eigenvalue weighted by molar-refractivity contribution is 5.85. The zero-order chi connectivity index (χ0) is 20.6. The Kier molecular flexibility index (Phi) is 5.60. The fourth-order valence-electron chi connectivity index (χ4n) is 4.42. The van der Waals surface area contributed by atoms with Crippen LogP contribution in [-0.4, -0.2) is 43.2 Å². The second kappa shape index (κ2) is 7.26. The maximum absolute atomic E-state index is 12.9. The van der Waals surface area contributed by atoms with Crippen LogP contribution in [0.4, 0.5) is 5.69 Å². The van der Waals surface area contributed by atoms with E-state index < -0.39 is 45.7 Å². The molecule has 4 atom stereocenters. The summed E-state index contributed by atoms with van der Waals surface area (Å²) in [6, 6.07) is 5.39. The molecule has 1 aliphatic rings. The molecule has 1 heterocycles. The number of hydrogen-bond acceptors (Lipinski definition) is 7. The van der Waals surface area contributed by atoms with E-state index in [4.69, 9.17) is 9.47 Å². The number of carbonyl (C=O) groups is 2. The van der Waals surface area contributed by atoms with Crippen molar-refractivity contribution in [3.8, 4) is 0 Å². The Morgan fingerprint density at radius 1 is 1.04 bits per heavy atom. The van der Waals surface area contributed by atoms with E-state index in [9.17, 15) is 19.7 Å². The average Bonchev–Trinajstić information content (AvgIpc) is 2.65. The van der Waals surface area contributed by atoms with Crippen molar-refractivity contribution in [2.24, 2.45) is 10.8 Å². The second-order valence-corrected chi connectivity index (χ2v) is 7.41. The number of carbonyl (C=O) groups excluding carboxylic acids is 2. The zero-order valence-corrected chi connectivity index (χ0v) is 16.4. The number of nitro benzene ring substituents is 1. The lowest BCUT2D eigenvalue weighted by atomic mass is 9.52. The van der Waals surface area contributed by atoms with Crippen LogP contribution in [-0.2, 0) is 19.1 Å². The maximum atomic E-state index is 12.9. The summed E-state index contributed by atoms with van der Waals surface area (Å²) in [4.78, 5) is 37.0. The van der Waals surface area contributed by atoms with Crippen molar-refractivity contribution in [1.82, 2.24) is 5.32 Å². The number of nitro groups is 1. The lowest BCUT2D eigenvalue weighted by Crippen LogP contribution is -2.68. The SMILES string of the molecule is COC(=O)C1(C)C(C)NC(C)C(C)(C(=O)OC)C1c1ccccc1[N+](=O)[O-]. The fraction of sp³-hybridized carbons (Fsp3) is 0.579. The molecular formula is C19H26N2O6. The van der Waals surface area contributed by atoms with Gasteiger partial charge in [0.25, 0.3) is 5.69 Å². The highest BCUT2D eigenvalue weighted by atomic mass is 16.6. The fourth-order valence-corrected chi connectivity index (χ4v) is 4.42. The molecule has 1 saturated heterocycles. The number of para-hydroxylation sites is 1. The summed E-state index contributed by atoms with van der Waals surface area (Å²) in [5, 5.41) is 15.0. The van der Waals surface area contributed by atoms with E-state index in [1.54, 1.807) is 32.0 Å². The topological polar surface area (TPSA) is 108 Å². The summed E-state index contributed by atoms with van der Waals surface area (Å²) in [6.07, 6.45) is 0. The van der Waals surface area contributed by atoms with Crippen LogP contribution < -0.4 is 5.32 Å². The third-order valence-electron chi connectivity index (χ3n) is 6.19. The summed E-state index contributed by atoms with van der Waals surface area (Å²) >= 11 is 0. The maximum Gasteiger partial charge on any atom is 0.313 e. The molecule has 1 fully saturated rings. The molecule has 0 amide bonds. The number of benzene rings is 1. The third-order valence-corrected chi connectivity index (χ3v) is 6.19. The van der Waals surface area contributed by atoms with Gasteiger partial charge in [-0.2, -0.15) is 0 Å². The summed E-state index contributed by atoms with van der Waals surface area (Å²) in [5.74, 6) is -1.93. The normalized spacial score (nSPS) is 33.2. The molecule has 148 valence electrons. The highest BCUT2D eigenvalue weighted by Crippen LogP contribution is 2.57. The van der Waals surface area contributed by atoms with E-state index in [-0.39, 0.29) is 5.69 Å². The first-order chi connectivity index (χ1) is 12.6. The van der Waals surface area contributed by atoms with E-state index in [2.05, 4.69) is 5.32 Å². The average molecular weight is 378 g/mol. The van der Waals surface area contributed by atoms with Crippen molar-refractivity contribution in [2.45, 2.75) is 45.7 Å². The Bertz CT molecular complexity index is 732. The predicted molar refractivity (Wildman–Crippen MR) is 98.1 cm³/mol. The molecule has 0 aliphatic carbocycles. The number of ether oxygens (including phenoxy) is 2. The first kappa shape index (κ1) is 20.8. The molecule has 1 aromatic carbocycles. The van der Waals surface area contributed by atoms with Crippen molar-refractivity contribution < 1.29 is 24.0 Å². The van der Waals surface area contributed by atoms with E-state index in [0.717, 1.165) is 0 Å². The Morgan fingerprint density at radius 3 is 1.89 bits per heavy atom. The zero-order valence-electron chi connectivity index (χ0n) is 16.4. The van der Waals surface area contributed by atoms with E-state index >= 15 is 0 Å². The smallest absolute Gasteiger partial charge is 0.313 e. The van der Waals surface area contributed by atoms with Crippen LogP contribution in [0.15, 0.2) is 24.3 Å². The van der Waals surface area contributed by atoms with Crippen molar-refractivity contribution in [3.63, 3.8) is 0 Å². The molecule has 8 heteroatoms. The number of nitrogens with zero attached hydrogens (tertiary/aromatic N) is 1. The minimum Gasteiger partial charge on any atom is -0.469 e. The summed E-state index contributed by atoms with van der Waals surface area (Å²) in [5.41, 5.74) is -2.32. The molecule has 0 radical (unpaired) electrons. The molecule has 0 bridgehead atoms. The van der Waals surface area contributed by atoms with E-state index in [0.29, 0.717) is 5.56 Å². The predicted octanol–water partition coefficient (Wildman–Crippen LogP) is 2.42. The van der Waals surface area contributed by atoms with Gasteiger partial charge in [-0.15, -0.1) is 0 Å².